The first-order valence-corrected chi connectivity index (χ1v) is 7.66. The van der Waals surface area contributed by atoms with Gasteiger partial charge in [0, 0.05) is 6.04 Å². The highest BCUT2D eigenvalue weighted by Gasteiger charge is 2.57. The molecule has 0 spiro atoms. The van der Waals surface area contributed by atoms with Crippen LogP contribution in [0.1, 0.15) is 65.7 Å². The lowest BCUT2D eigenvalue weighted by molar-refractivity contribution is -0.115. The molecule has 0 aromatic heterocycles. The summed E-state index contributed by atoms with van der Waals surface area (Å²) in [6.07, 6.45) is 10.1. The Morgan fingerprint density at radius 3 is 2.18 bits per heavy atom. The van der Waals surface area contributed by atoms with Crippen molar-refractivity contribution in [1.82, 2.24) is 0 Å². The van der Waals surface area contributed by atoms with E-state index >= 15 is 0 Å². The fraction of sp³-hybridized carbons (Fsp3) is 1.00. The first-order chi connectivity index (χ1) is 7.91. The molecule has 4 saturated carbocycles. The SMILES string of the molecule is CC(C)CC(N)C12CC3CC(CC(C)(C3)C1)C2. The van der Waals surface area contributed by atoms with Crippen LogP contribution in [0.25, 0.3) is 0 Å². The minimum Gasteiger partial charge on any atom is -0.327 e. The molecule has 4 rings (SSSR count). The molecular formula is C16H29N. The second-order valence-electron chi connectivity index (χ2n) is 8.37. The topological polar surface area (TPSA) is 26.0 Å². The Labute approximate surface area is 107 Å². The lowest BCUT2D eigenvalue weighted by Gasteiger charge is -2.63. The van der Waals surface area contributed by atoms with Crippen LogP contribution in [0.2, 0.25) is 0 Å². The summed E-state index contributed by atoms with van der Waals surface area (Å²) in [6, 6.07) is 0.465. The Morgan fingerprint density at radius 2 is 1.71 bits per heavy atom. The molecule has 3 atom stereocenters. The summed E-state index contributed by atoms with van der Waals surface area (Å²) in [5.74, 6) is 2.78. The summed E-state index contributed by atoms with van der Waals surface area (Å²) in [5.41, 5.74) is 7.81. The Kier molecular flexibility index (Phi) is 2.63. The first kappa shape index (κ1) is 12.0. The van der Waals surface area contributed by atoms with Crippen molar-refractivity contribution in [2.24, 2.45) is 34.3 Å². The Bertz CT molecular complexity index is 293. The van der Waals surface area contributed by atoms with Gasteiger partial charge in [-0.3, -0.25) is 0 Å². The average Bonchev–Trinajstić information content (AvgIpc) is 2.11. The van der Waals surface area contributed by atoms with Gasteiger partial charge in [0.25, 0.3) is 0 Å². The molecule has 0 saturated heterocycles. The lowest BCUT2D eigenvalue weighted by Crippen LogP contribution is -2.57. The molecule has 98 valence electrons. The van der Waals surface area contributed by atoms with Crippen LogP contribution in [0.15, 0.2) is 0 Å². The van der Waals surface area contributed by atoms with Crippen molar-refractivity contribution in [3.8, 4) is 0 Å². The molecule has 17 heavy (non-hydrogen) atoms. The molecule has 0 aromatic carbocycles. The normalized spacial score (nSPS) is 49.9. The number of rotatable bonds is 3. The third kappa shape index (κ3) is 1.95. The molecule has 4 fully saturated rings. The van der Waals surface area contributed by atoms with E-state index in [-0.39, 0.29) is 0 Å². The van der Waals surface area contributed by atoms with E-state index in [0.29, 0.717) is 16.9 Å². The van der Waals surface area contributed by atoms with E-state index < -0.39 is 0 Å². The minimum atomic E-state index is 0.465. The quantitative estimate of drug-likeness (QED) is 0.787. The molecule has 2 N–H and O–H groups in total. The van der Waals surface area contributed by atoms with Gasteiger partial charge in [0.15, 0.2) is 0 Å². The summed E-state index contributed by atoms with van der Waals surface area (Å²) in [6.45, 7) is 7.19. The van der Waals surface area contributed by atoms with Crippen molar-refractivity contribution < 1.29 is 0 Å². The second-order valence-corrected chi connectivity index (χ2v) is 8.37. The van der Waals surface area contributed by atoms with Crippen LogP contribution in [0.5, 0.6) is 0 Å². The Morgan fingerprint density at radius 1 is 1.12 bits per heavy atom. The number of nitrogens with two attached hydrogens (primary N) is 1. The average molecular weight is 235 g/mol. The first-order valence-electron chi connectivity index (χ1n) is 7.66. The van der Waals surface area contributed by atoms with Crippen LogP contribution in [0, 0.1) is 28.6 Å². The van der Waals surface area contributed by atoms with E-state index in [1.165, 1.54) is 44.9 Å². The third-order valence-electron chi connectivity index (χ3n) is 5.91. The summed E-state index contributed by atoms with van der Waals surface area (Å²) < 4.78 is 0. The van der Waals surface area contributed by atoms with Crippen LogP contribution in [0.3, 0.4) is 0 Å². The van der Waals surface area contributed by atoms with Gasteiger partial charge in [0.1, 0.15) is 0 Å². The number of hydrogen-bond acceptors (Lipinski definition) is 1. The lowest BCUT2D eigenvalue weighted by atomic mass is 9.43. The summed E-state index contributed by atoms with van der Waals surface area (Å²) in [5, 5.41) is 0. The summed E-state index contributed by atoms with van der Waals surface area (Å²) in [7, 11) is 0. The molecule has 0 aromatic rings. The zero-order valence-electron chi connectivity index (χ0n) is 11.8. The maximum atomic E-state index is 6.63. The molecule has 0 amide bonds. The molecule has 0 radical (unpaired) electrons. The zero-order valence-corrected chi connectivity index (χ0v) is 11.8. The summed E-state index contributed by atoms with van der Waals surface area (Å²) >= 11 is 0. The van der Waals surface area contributed by atoms with Gasteiger partial charge in [0.05, 0.1) is 0 Å². The van der Waals surface area contributed by atoms with Crippen LogP contribution >= 0.6 is 0 Å². The third-order valence-corrected chi connectivity index (χ3v) is 5.91. The molecule has 3 unspecified atom stereocenters. The monoisotopic (exact) mass is 235 g/mol. The highest BCUT2D eigenvalue weighted by atomic mass is 14.7. The largest absolute Gasteiger partial charge is 0.327 e. The van der Waals surface area contributed by atoms with Gasteiger partial charge in [-0.1, -0.05) is 20.8 Å². The predicted molar refractivity (Wildman–Crippen MR) is 72.7 cm³/mol. The molecule has 4 bridgehead atoms. The van der Waals surface area contributed by atoms with E-state index in [1.807, 2.05) is 0 Å². The maximum absolute atomic E-state index is 6.63. The Balaban J connectivity index is 1.83. The zero-order chi connectivity index (χ0) is 12.3. The van der Waals surface area contributed by atoms with Gasteiger partial charge in [-0.15, -0.1) is 0 Å². The van der Waals surface area contributed by atoms with Gasteiger partial charge in [-0.2, -0.15) is 0 Å². The molecule has 0 heterocycles. The van der Waals surface area contributed by atoms with Gasteiger partial charge in [-0.05, 0) is 73.5 Å². The molecule has 4 aliphatic carbocycles. The highest BCUT2D eigenvalue weighted by molar-refractivity contribution is 5.09. The van der Waals surface area contributed by atoms with E-state index in [4.69, 9.17) is 5.73 Å². The van der Waals surface area contributed by atoms with Crippen molar-refractivity contribution in [2.75, 3.05) is 0 Å². The molecule has 4 aliphatic rings. The van der Waals surface area contributed by atoms with Gasteiger partial charge in [0.2, 0.25) is 0 Å². The van der Waals surface area contributed by atoms with E-state index in [9.17, 15) is 0 Å². The van der Waals surface area contributed by atoms with Crippen LogP contribution in [-0.2, 0) is 0 Å². The van der Waals surface area contributed by atoms with Gasteiger partial charge in [-0.25, -0.2) is 0 Å². The van der Waals surface area contributed by atoms with Crippen molar-refractivity contribution >= 4 is 0 Å². The second kappa shape index (κ2) is 3.73. The van der Waals surface area contributed by atoms with Crippen LogP contribution in [-0.4, -0.2) is 6.04 Å². The standard InChI is InChI=1S/C16H29N/c1-11(2)4-14(17)16-8-12-5-13(9-16)7-15(3,6-12)10-16/h11-14H,4-10,17H2,1-3H3. The molecular weight excluding hydrogens is 206 g/mol. The minimum absolute atomic E-state index is 0.465. The van der Waals surface area contributed by atoms with Crippen molar-refractivity contribution in [3.05, 3.63) is 0 Å². The molecule has 0 aliphatic heterocycles. The van der Waals surface area contributed by atoms with Gasteiger partial charge < -0.3 is 5.73 Å². The van der Waals surface area contributed by atoms with Crippen molar-refractivity contribution in [1.29, 1.82) is 0 Å². The van der Waals surface area contributed by atoms with E-state index in [0.717, 1.165) is 17.8 Å². The smallest absolute Gasteiger partial charge is 0.00984 e. The Hall–Kier alpha value is -0.0400. The fourth-order valence-electron chi connectivity index (χ4n) is 5.99. The van der Waals surface area contributed by atoms with Crippen LogP contribution in [0.4, 0.5) is 0 Å². The van der Waals surface area contributed by atoms with Crippen LogP contribution < -0.4 is 5.73 Å². The van der Waals surface area contributed by atoms with E-state index in [1.54, 1.807) is 0 Å². The van der Waals surface area contributed by atoms with Crippen molar-refractivity contribution in [2.45, 2.75) is 71.8 Å². The molecule has 1 nitrogen and oxygen atoms in total. The van der Waals surface area contributed by atoms with Gasteiger partial charge >= 0.3 is 0 Å². The highest BCUT2D eigenvalue weighted by Crippen LogP contribution is 2.66. The maximum Gasteiger partial charge on any atom is 0.00984 e. The number of hydrogen-bond donors (Lipinski definition) is 1. The summed E-state index contributed by atoms with van der Waals surface area (Å²) in [4.78, 5) is 0. The molecule has 1 heteroatoms. The predicted octanol–water partition coefficient (Wildman–Crippen LogP) is 3.97. The fourth-order valence-corrected chi connectivity index (χ4v) is 5.99. The van der Waals surface area contributed by atoms with E-state index in [2.05, 4.69) is 20.8 Å². The van der Waals surface area contributed by atoms with Crippen molar-refractivity contribution in [3.63, 3.8) is 0 Å².